The predicted octanol–water partition coefficient (Wildman–Crippen LogP) is 5.76. The quantitative estimate of drug-likeness (QED) is 0.572. The van der Waals surface area contributed by atoms with Crippen LogP contribution in [0.15, 0.2) is 30.5 Å². The zero-order valence-corrected chi connectivity index (χ0v) is 15.1. The Morgan fingerprint density at radius 1 is 1.04 bits per heavy atom. The molecule has 0 atom stereocenters. The van der Waals surface area contributed by atoms with Crippen LogP contribution in [0.25, 0.3) is 0 Å². The average Bonchev–Trinajstić information content (AvgIpc) is 2.61. The van der Waals surface area contributed by atoms with E-state index >= 15 is 0 Å². The number of benzene rings is 1. The van der Waals surface area contributed by atoms with Gasteiger partial charge in [0.1, 0.15) is 5.56 Å². The molecular weight excluding hydrogens is 343 g/mol. The van der Waals surface area contributed by atoms with E-state index in [0.29, 0.717) is 12.1 Å². The lowest BCUT2D eigenvalue weighted by Gasteiger charge is -2.14. The topological polar surface area (TPSA) is 47.0 Å². The Labute approximate surface area is 151 Å². The Morgan fingerprint density at radius 2 is 1.77 bits per heavy atom. The zero-order chi connectivity index (χ0) is 19.0. The number of ether oxygens (including phenoxy) is 1. The van der Waals surface area contributed by atoms with Gasteiger partial charge in [-0.3, -0.25) is 0 Å². The molecule has 0 aliphatic carbocycles. The van der Waals surface area contributed by atoms with Crippen LogP contribution in [0.5, 0.6) is 5.88 Å². The Hall–Kier alpha value is -2.31. The lowest BCUT2D eigenvalue weighted by molar-refractivity contribution is -0.139. The van der Waals surface area contributed by atoms with Crippen LogP contribution in [-0.2, 0) is 12.6 Å². The SMILES string of the molecule is CCCCCc1ccc(Nc2ncc(C(F)(F)F)c(OCCC)n2)cc1. The third-order valence-corrected chi connectivity index (χ3v) is 3.78. The third kappa shape index (κ3) is 5.89. The molecule has 0 spiro atoms. The smallest absolute Gasteiger partial charge is 0.423 e. The van der Waals surface area contributed by atoms with Crippen LogP contribution in [-0.4, -0.2) is 16.6 Å². The number of anilines is 2. The molecule has 1 N–H and O–H groups in total. The molecule has 26 heavy (non-hydrogen) atoms. The van der Waals surface area contributed by atoms with Crippen molar-refractivity contribution in [3.63, 3.8) is 0 Å². The summed E-state index contributed by atoms with van der Waals surface area (Å²) in [6.45, 7) is 4.14. The first kappa shape index (κ1) is 20.0. The summed E-state index contributed by atoms with van der Waals surface area (Å²) in [6.07, 6.45) is 1.31. The van der Waals surface area contributed by atoms with E-state index in [2.05, 4.69) is 22.2 Å². The van der Waals surface area contributed by atoms with Crippen LogP contribution >= 0.6 is 0 Å². The summed E-state index contributed by atoms with van der Waals surface area (Å²) in [5, 5.41) is 2.92. The highest BCUT2D eigenvalue weighted by atomic mass is 19.4. The number of nitrogens with zero attached hydrogens (tertiary/aromatic N) is 2. The van der Waals surface area contributed by atoms with Crippen LogP contribution in [0.3, 0.4) is 0 Å². The minimum absolute atomic E-state index is 0.0721. The largest absolute Gasteiger partial charge is 0.477 e. The van der Waals surface area contributed by atoms with Gasteiger partial charge < -0.3 is 10.1 Å². The number of alkyl halides is 3. The van der Waals surface area contributed by atoms with Crippen LogP contribution < -0.4 is 10.1 Å². The number of nitrogens with one attached hydrogen (secondary N) is 1. The highest BCUT2D eigenvalue weighted by molar-refractivity contribution is 5.54. The van der Waals surface area contributed by atoms with Crippen molar-refractivity contribution in [1.82, 2.24) is 9.97 Å². The van der Waals surface area contributed by atoms with Gasteiger partial charge in [0.15, 0.2) is 0 Å². The maximum atomic E-state index is 13.0. The van der Waals surface area contributed by atoms with Gasteiger partial charge in [-0.15, -0.1) is 0 Å². The Morgan fingerprint density at radius 3 is 2.38 bits per heavy atom. The fourth-order valence-electron chi connectivity index (χ4n) is 2.39. The van der Waals surface area contributed by atoms with Crippen molar-refractivity contribution in [3.05, 3.63) is 41.6 Å². The number of aromatic nitrogens is 2. The second kappa shape index (κ2) is 9.40. The molecule has 0 unspecified atom stereocenters. The Balaban J connectivity index is 2.11. The Kier molecular flexibility index (Phi) is 7.24. The molecule has 0 radical (unpaired) electrons. The number of hydrogen-bond donors (Lipinski definition) is 1. The van der Waals surface area contributed by atoms with Gasteiger partial charge in [0, 0.05) is 11.9 Å². The molecular formula is C19H24F3N3O. The monoisotopic (exact) mass is 367 g/mol. The van der Waals surface area contributed by atoms with E-state index in [1.165, 1.54) is 18.4 Å². The number of aryl methyl sites for hydroxylation is 1. The van der Waals surface area contributed by atoms with E-state index in [9.17, 15) is 13.2 Å². The average molecular weight is 367 g/mol. The van der Waals surface area contributed by atoms with Crippen LogP contribution in [0.2, 0.25) is 0 Å². The fraction of sp³-hybridized carbons (Fsp3) is 0.474. The molecule has 0 saturated heterocycles. The van der Waals surface area contributed by atoms with Crippen molar-refractivity contribution in [2.24, 2.45) is 0 Å². The van der Waals surface area contributed by atoms with Crippen LogP contribution in [0.1, 0.15) is 50.7 Å². The third-order valence-electron chi connectivity index (χ3n) is 3.78. The summed E-state index contributed by atoms with van der Waals surface area (Å²) in [5.41, 5.74) is 0.970. The predicted molar refractivity (Wildman–Crippen MR) is 95.8 cm³/mol. The molecule has 0 fully saturated rings. The van der Waals surface area contributed by atoms with E-state index in [1.54, 1.807) is 0 Å². The van der Waals surface area contributed by atoms with Gasteiger partial charge in [-0.1, -0.05) is 38.8 Å². The molecule has 1 aromatic heterocycles. The zero-order valence-electron chi connectivity index (χ0n) is 15.1. The van der Waals surface area contributed by atoms with Gasteiger partial charge >= 0.3 is 6.18 Å². The highest BCUT2D eigenvalue weighted by Crippen LogP contribution is 2.35. The van der Waals surface area contributed by atoms with Crippen LogP contribution in [0.4, 0.5) is 24.8 Å². The number of unbranched alkanes of at least 4 members (excludes halogenated alkanes) is 2. The first-order valence-electron chi connectivity index (χ1n) is 8.87. The molecule has 0 aliphatic heterocycles. The van der Waals surface area contributed by atoms with Gasteiger partial charge in [0.2, 0.25) is 11.8 Å². The first-order valence-corrected chi connectivity index (χ1v) is 8.87. The van der Waals surface area contributed by atoms with Crippen molar-refractivity contribution in [3.8, 4) is 5.88 Å². The summed E-state index contributed by atoms with van der Waals surface area (Å²) < 4.78 is 44.2. The molecule has 1 aromatic carbocycles. The van der Waals surface area contributed by atoms with Gasteiger partial charge in [-0.25, -0.2) is 4.98 Å². The molecule has 2 rings (SSSR count). The second-order valence-electron chi connectivity index (χ2n) is 6.04. The molecule has 0 amide bonds. The van der Waals surface area contributed by atoms with E-state index in [4.69, 9.17) is 4.74 Å². The molecule has 2 aromatic rings. The van der Waals surface area contributed by atoms with Gasteiger partial charge in [-0.05, 0) is 37.0 Å². The summed E-state index contributed by atoms with van der Waals surface area (Å²) in [6, 6.07) is 7.73. The molecule has 0 aliphatic rings. The van der Waals surface area contributed by atoms with Crippen molar-refractivity contribution in [2.45, 2.75) is 52.1 Å². The molecule has 7 heteroatoms. The van der Waals surface area contributed by atoms with Crippen molar-refractivity contribution in [2.75, 3.05) is 11.9 Å². The summed E-state index contributed by atoms with van der Waals surface area (Å²) in [7, 11) is 0. The van der Waals surface area contributed by atoms with E-state index < -0.39 is 17.6 Å². The van der Waals surface area contributed by atoms with E-state index in [1.807, 2.05) is 31.2 Å². The number of halogens is 3. The standard InChI is InChI=1S/C19H24F3N3O/c1-3-5-6-7-14-8-10-15(11-9-14)24-18-23-13-16(19(20,21)22)17(25-18)26-12-4-2/h8-11,13H,3-7,12H2,1-2H3,(H,23,24,25). The molecule has 4 nitrogen and oxygen atoms in total. The molecule has 0 saturated carbocycles. The minimum atomic E-state index is -4.55. The highest BCUT2D eigenvalue weighted by Gasteiger charge is 2.36. The van der Waals surface area contributed by atoms with Gasteiger partial charge in [0.25, 0.3) is 0 Å². The first-order chi connectivity index (χ1) is 12.4. The molecule has 1 heterocycles. The maximum absolute atomic E-state index is 13.0. The summed E-state index contributed by atoms with van der Waals surface area (Å²) >= 11 is 0. The summed E-state index contributed by atoms with van der Waals surface area (Å²) in [4.78, 5) is 7.66. The van der Waals surface area contributed by atoms with Crippen molar-refractivity contribution < 1.29 is 17.9 Å². The molecule has 142 valence electrons. The van der Waals surface area contributed by atoms with Gasteiger partial charge in [-0.2, -0.15) is 18.2 Å². The van der Waals surface area contributed by atoms with Crippen molar-refractivity contribution in [1.29, 1.82) is 0 Å². The minimum Gasteiger partial charge on any atom is -0.477 e. The lowest BCUT2D eigenvalue weighted by Crippen LogP contribution is -2.12. The summed E-state index contributed by atoms with van der Waals surface area (Å²) in [5.74, 6) is -0.379. The second-order valence-corrected chi connectivity index (χ2v) is 6.04. The molecule has 0 bridgehead atoms. The van der Waals surface area contributed by atoms with Crippen LogP contribution in [0, 0.1) is 0 Å². The number of rotatable bonds is 9. The fourth-order valence-corrected chi connectivity index (χ4v) is 2.39. The Bertz CT molecular complexity index is 687. The van der Waals surface area contributed by atoms with Crippen molar-refractivity contribution >= 4 is 11.6 Å². The number of hydrogen-bond acceptors (Lipinski definition) is 4. The lowest BCUT2D eigenvalue weighted by atomic mass is 10.1. The van der Waals surface area contributed by atoms with Gasteiger partial charge in [0.05, 0.1) is 6.61 Å². The normalized spacial score (nSPS) is 11.4. The van der Waals surface area contributed by atoms with E-state index in [-0.39, 0.29) is 12.6 Å². The maximum Gasteiger partial charge on any atom is 0.423 e. The van der Waals surface area contributed by atoms with E-state index in [0.717, 1.165) is 19.0 Å².